The highest BCUT2D eigenvalue weighted by molar-refractivity contribution is 6.30. The average molecular weight is 320 g/mol. The molecule has 0 saturated carbocycles. The van der Waals surface area contributed by atoms with Gasteiger partial charge in [-0.15, -0.1) is 0 Å². The molecule has 2 aromatic rings. The first-order valence-electron chi connectivity index (χ1n) is 6.56. The van der Waals surface area contributed by atoms with Crippen molar-refractivity contribution in [2.75, 3.05) is 12.0 Å². The Morgan fingerprint density at radius 2 is 2.05 bits per heavy atom. The zero-order valence-electron chi connectivity index (χ0n) is 11.8. The van der Waals surface area contributed by atoms with Gasteiger partial charge in [0, 0.05) is 22.7 Å². The monoisotopic (exact) mass is 319 g/mol. The second-order valence-corrected chi connectivity index (χ2v) is 4.73. The molecular weight excluding hydrogens is 306 g/mol. The van der Waals surface area contributed by atoms with Crippen LogP contribution in [0.2, 0.25) is 5.02 Å². The van der Waals surface area contributed by atoms with Crippen LogP contribution in [0.5, 0.6) is 5.75 Å². The van der Waals surface area contributed by atoms with E-state index in [2.05, 4.69) is 10.5 Å². The van der Waals surface area contributed by atoms with Gasteiger partial charge in [-0.25, -0.2) is 0 Å². The number of nitro groups is 1. The summed E-state index contributed by atoms with van der Waals surface area (Å²) >= 11 is 5.96. The van der Waals surface area contributed by atoms with Crippen LogP contribution in [0.1, 0.15) is 12.5 Å². The summed E-state index contributed by atoms with van der Waals surface area (Å²) in [4.78, 5) is 10.1. The number of non-ortho nitro benzene ring substituents is 1. The lowest BCUT2D eigenvalue weighted by Gasteiger charge is -2.07. The molecule has 22 heavy (non-hydrogen) atoms. The van der Waals surface area contributed by atoms with Crippen LogP contribution in [-0.4, -0.2) is 17.7 Å². The van der Waals surface area contributed by atoms with Crippen molar-refractivity contribution < 1.29 is 9.66 Å². The maximum atomic E-state index is 10.6. The fourth-order valence-electron chi connectivity index (χ4n) is 1.74. The van der Waals surface area contributed by atoms with Crippen molar-refractivity contribution in [2.45, 2.75) is 6.92 Å². The minimum atomic E-state index is -0.451. The topological polar surface area (TPSA) is 76.8 Å². The van der Waals surface area contributed by atoms with Gasteiger partial charge >= 0.3 is 0 Å². The van der Waals surface area contributed by atoms with E-state index in [-0.39, 0.29) is 5.69 Å². The van der Waals surface area contributed by atoms with Gasteiger partial charge in [-0.2, -0.15) is 5.10 Å². The van der Waals surface area contributed by atoms with Crippen molar-refractivity contribution in [2.24, 2.45) is 5.10 Å². The van der Waals surface area contributed by atoms with Gasteiger partial charge in [0.25, 0.3) is 5.69 Å². The van der Waals surface area contributed by atoms with Crippen molar-refractivity contribution in [1.82, 2.24) is 0 Å². The van der Waals surface area contributed by atoms with Crippen LogP contribution in [-0.2, 0) is 0 Å². The fraction of sp³-hybridized carbons (Fsp3) is 0.133. The summed E-state index contributed by atoms with van der Waals surface area (Å²) < 4.78 is 5.48. The van der Waals surface area contributed by atoms with Crippen LogP contribution in [0, 0.1) is 10.1 Å². The molecule has 0 bridgehead atoms. The van der Waals surface area contributed by atoms with Gasteiger partial charge in [-0.3, -0.25) is 15.5 Å². The average Bonchev–Trinajstić information content (AvgIpc) is 2.50. The summed E-state index contributed by atoms with van der Waals surface area (Å²) in [5.74, 6) is 0.682. The van der Waals surface area contributed by atoms with E-state index in [1.54, 1.807) is 36.5 Å². The Labute approximate surface area is 132 Å². The molecule has 0 amide bonds. The minimum absolute atomic E-state index is 0.0306. The Hall–Kier alpha value is -2.60. The van der Waals surface area contributed by atoms with Crippen LogP contribution in [0.3, 0.4) is 0 Å². The Morgan fingerprint density at radius 1 is 1.32 bits per heavy atom. The highest BCUT2D eigenvalue weighted by Crippen LogP contribution is 2.21. The number of hydrogen-bond acceptors (Lipinski definition) is 5. The first-order valence-corrected chi connectivity index (χ1v) is 6.94. The molecule has 0 spiro atoms. The molecule has 7 heteroatoms. The van der Waals surface area contributed by atoms with Gasteiger partial charge in [0.15, 0.2) is 0 Å². The first-order chi connectivity index (χ1) is 10.6. The molecule has 0 radical (unpaired) electrons. The molecule has 114 valence electrons. The quantitative estimate of drug-likeness (QED) is 0.494. The summed E-state index contributed by atoms with van der Waals surface area (Å²) in [5.41, 5.74) is 4.21. The number of nitro benzene ring substituents is 1. The molecule has 0 aliphatic heterocycles. The molecule has 0 aliphatic rings. The van der Waals surface area contributed by atoms with Crippen molar-refractivity contribution in [3.8, 4) is 5.75 Å². The Morgan fingerprint density at radius 3 is 2.68 bits per heavy atom. The SMILES string of the molecule is CCOc1ccc(Cl)cc1/C=N\Nc1ccc([N+](=O)[O-])cc1. The van der Waals surface area contributed by atoms with E-state index in [0.717, 1.165) is 5.56 Å². The predicted molar refractivity (Wildman–Crippen MR) is 86.9 cm³/mol. The summed E-state index contributed by atoms with van der Waals surface area (Å²) in [6.07, 6.45) is 1.58. The smallest absolute Gasteiger partial charge is 0.269 e. The lowest BCUT2D eigenvalue weighted by Crippen LogP contribution is -1.97. The maximum Gasteiger partial charge on any atom is 0.269 e. The number of anilines is 1. The van der Waals surface area contributed by atoms with E-state index in [1.165, 1.54) is 12.1 Å². The van der Waals surface area contributed by atoms with Crippen LogP contribution in [0.25, 0.3) is 0 Å². The van der Waals surface area contributed by atoms with Crippen molar-refractivity contribution in [3.63, 3.8) is 0 Å². The van der Waals surface area contributed by atoms with Gasteiger partial charge in [-0.1, -0.05) is 11.6 Å². The Balaban J connectivity index is 2.08. The molecule has 0 aliphatic carbocycles. The van der Waals surface area contributed by atoms with Gasteiger partial charge in [-0.05, 0) is 37.3 Å². The Kier molecular flexibility index (Phi) is 5.32. The summed E-state index contributed by atoms with van der Waals surface area (Å²) in [6, 6.07) is 11.2. The predicted octanol–water partition coefficient (Wildman–Crippen LogP) is 4.09. The van der Waals surface area contributed by atoms with Crippen molar-refractivity contribution >= 4 is 29.2 Å². The highest BCUT2D eigenvalue weighted by Gasteiger charge is 2.04. The van der Waals surface area contributed by atoms with Crippen molar-refractivity contribution in [3.05, 3.63) is 63.2 Å². The van der Waals surface area contributed by atoms with Gasteiger partial charge in [0.2, 0.25) is 0 Å². The first kappa shape index (κ1) is 15.8. The van der Waals surface area contributed by atoms with Gasteiger partial charge in [0.05, 0.1) is 23.4 Å². The summed E-state index contributed by atoms with van der Waals surface area (Å²) in [5, 5.41) is 15.2. The highest BCUT2D eigenvalue weighted by atomic mass is 35.5. The number of rotatable bonds is 6. The normalized spacial score (nSPS) is 10.6. The second-order valence-electron chi connectivity index (χ2n) is 4.29. The standard InChI is InChI=1S/C15H14ClN3O3/c1-2-22-15-8-3-12(16)9-11(15)10-17-18-13-4-6-14(7-5-13)19(20)21/h3-10,18H,2H2,1H3/b17-10-. The molecule has 0 unspecified atom stereocenters. The van der Waals surface area contributed by atoms with E-state index in [0.29, 0.717) is 23.1 Å². The van der Waals surface area contributed by atoms with Crippen LogP contribution < -0.4 is 10.2 Å². The lowest BCUT2D eigenvalue weighted by atomic mass is 10.2. The third-order valence-corrected chi connectivity index (χ3v) is 2.98. The zero-order chi connectivity index (χ0) is 15.9. The molecule has 0 heterocycles. The second kappa shape index (κ2) is 7.42. The largest absolute Gasteiger partial charge is 0.493 e. The summed E-state index contributed by atoms with van der Waals surface area (Å²) in [6.45, 7) is 2.43. The molecule has 1 N–H and O–H groups in total. The third-order valence-electron chi connectivity index (χ3n) is 2.75. The molecule has 0 saturated heterocycles. The molecule has 0 aromatic heterocycles. The van der Waals surface area contributed by atoms with Crippen molar-refractivity contribution in [1.29, 1.82) is 0 Å². The number of nitrogens with zero attached hydrogens (tertiary/aromatic N) is 2. The number of halogens is 1. The number of hydrogen-bond donors (Lipinski definition) is 1. The summed E-state index contributed by atoms with van der Waals surface area (Å²) in [7, 11) is 0. The fourth-order valence-corrected chi connectivity index (χ4v) is 1.92. The third kappa shape index (κ3) is 4.20. The van der Waals surface area contributed by atoms with E-state index in [1.807, 2.05) is 6.92 Å². The molecule has 0 fully saturated rings. The zero-order valence-corrected chi connectivity index (χ0v) is 12.6. The van der Waals surface area contributed by atoms with Crippen LogP contribution in [0.4, 0.5) is 11.4 Å². The van der Waals surface area contributed by atoms with Crippen LogP contribution in [0.15, 0.2) is 47.6 Å². The number of benzene rings is 2. The number of nitrogens with one attached hydrogen (secondary N) is 1. The molecule has 0 atom stereocenters. The van der Waals surface area contributed by atoms with E-state index in [9.17, 15) is 10.1 Å². The lowest BCUT2D eigenvalue weighted by molar-refractivity contribution is -0.384. The van der Waals surface area contributed by atoms with Crippen LogP contribution >= 0.6 is 11.6 Å². The number of ether oxygens (including phenoxy) is 1. The molecule has 6 nitrogen and oxygen atoms in total. The molecule has 2 aromatic carbocycles. The van der Waals surface area contributed by atoms with E-state index in [4.69, 9.17) is 16.3 Å². The molecule has 2 rings (SSSR count). The Bertz CT molecular complexity index is 687. The van der Waals surface area contributed by atoms with E-state index >= 15 is 0 Å². The maximum absolute atomic E-state index is 10.6. The minimum Gasteiger partial charge on any atom is -0.493 e. The van der Waals surface area contributed by atoms with E-state index < -0.39 is 4.92 Å². The van der Waals surface area contributed by atoms with Gasteiger partial charge in [0.1, 0.15) is 5.75 Å². The number of hydrazone groups is 1. The molecular formula is C15H14ClN3O3. The van der Waals surface area contributed by atoms with Gasteiger partial charge < -0.3 is 4.74 Å².